The van der Waals surface area contributed by atoms with Crippen molar-refractivity contribution < 1.29 is 9.59 Å². The fourth-order valence-electron chi connectivity index (χ4n) is 2.89. The highest BCUT2D eigenvalue weighted by molar-refractivity contribution is 5.94. The van der Waals surface area contributed by atoms with Crippen LogP contribution in [-0.4, -0.2) is 49.8 Å². The Kier molecular flexibility index (Phi) is 4.61. The van der Waals surface area contributed by atoms with Gasteiger partial charge in [-0.15, -0.1) is 5.10 Å². The van der Waals surface area contributed by atoms with Gasteiger partial charge in [0.15, 0.2) is 5.69 Å². The molecule has 1 aliphatic heterocycles. The van der Waals surface area contributed by atoms with Crippen LogP contribution in [0.15, 0.2) is 61.1 Å². The number of carbonyl (C=O) groups is 2. The van der Waals surface area contributed by atoms with Gasteiger partial charge in [0.25, 0.3) is 11.8 Å². The molecule has 0 saturated carbocycles. The Bertz CT molecular complexity index is 935. The van der Waals surface area contributed by atoms with Gasteiger partial charge in [-0.3, -0.25) is 14.6 Å². The zero-order chi connectivity index (χ0) is 18.6. The highest BCUT2D eigenvalue weighted by Crippen LogP contribution is 2.22. The smallest absolute Gasteiger partial charge is 0.273 e. The number of carbonyl (C=O) groups excluding carboxylic acids is 2. The molecule has 0 radical (unpaired) electrons. The van der Waals surface area contributed by atoms with Crippen molar-refractivity contribution in [1.82, 2.24) is 30.2 Å². The Morgan fingerprint density at radius 1 is 1.07 bits per heavy atom. The van der Waals surface area contributed by atoms with Crippen molar-refractivity contribution in [1.29, 1.82) is 0 Å². The number of benzene rings is 1. The lowest BCUT2D eigenvalue weighted by atomic mass is 10.1. The van der Waals surface area contributed by atoms with E-state index in [9.17, 15) is 9.59 Å². The minimum atomic E-state index is -0.269. The van der Waals surface area contributed by atoms with Gasteiger partial charge in [0.2, 0.25) is 0 Å². The number of hydrogen-bond acceptors (Lipinski definition) is 5. The lowest BCUT2D eigenvalue weighted by molar-refractivity contribution is 0.0498. The molecule has 1 aromatic carbocycles. The van der Waals surface area contributed by atoms with Crippen LogP contribution in [0.4, 0.5) is 0 Å². The van der Waals surface area contributed by atoms with E-state index in [0.29, 0.717) is 25.2 Å². The lowest BCUT2D eigenvalue weighted by Gasteiger charge is -2.38. The fourth-order valence-corrected chi connectivity index (χ4v) is 2.89. The second kappa shape index (κ2) is 7.36. The van der Waals surface area contributed by atoms with Crippen LogP contribution >= 0.6 is 0 Å². The zero-order valence-corrected chi connectivity index (χ0v) is 14.5. The predicted octanol–water partition coefficient (Wildman–Crippen LogP) is 1.30. The largest absolute Gasteiger partial charge is 0.347 e. The molecule has 2 amide bonds. The van der Waals surface area contributed by atoms with E-state index in [4.69, 9.17) is 0 Å². The van der Waals surface area contributed by atoms with E-state index in [2.05, 4.69) is 20.6 Å². The Balaban J connectivity index is 1.31. The topological polar surface area (TPSA) is 93.0 Å². The Morgan fingerprint density at radius 3 is 2.56 bits per heavy atom. The standard InChI is InChI=1S/C19H18N6O2/c26-18(21-10-14-4-2-1-3-5-14)17-13-25(23-22-17)16-11-24(12-16)19(27)15-6-8-20-9-7-15/h1-9,13,16H,10-12H2,(H,21,26). The van der Waals surface area contributed by atoms with Crippen molar-refractivity contribution in [3.05, 3.63) is 77.9 Å². The molecular formula is C19H18N6O2. The summed E-state index contributed by atoms with van der Waals surface area (Å²) in [6, 6.07) is 13.1. The van der Waals surface area contributed by atoms with Crippen molar-refractivity contribution in [2.24, 2.45) is 0 Å². The molecule has 8 heteroatoms. The number of rotatable bonds is 5. The summed E-state index contributed by atoms with van der Waals surface area (Å²) < 4.78 is 1.65. The molecule has 4 rings (SSSR count). The summed E-state index contributed by atoms with van der Waals surface area (Å²) in [6.07, 6.45) is 4.82. The third-order valence-electron chi connectivity index (χ3n) is 4.49. The number of hydrogen-bond donors (Lipinski definition) is 1. The summed E-state index contributed by atoms with van der Waals surface area (Å²) >= 11 is 0. The van der Waals surface area contributed by atoms with E-state index in [-0.39, 0.29) is 23.6 Å². The second-order valence-electron chi connectivity index (χ2n) is 6.35. The van der Waals surface area contributed by atoms with Crippen LogP contribution in [0, 0.1) is 0 Å². The summed E-state index contributed by atoms with van der Waals surface area (Å²) in [5.74, 6) is -0.302. The molecule has 1 fully saturated rings. The zero-order valence-electron chi connectivity index (χ0n) is 14.5. The van der Waals surface area contributed by atoms with Gasteiger partial charge in [0.1, 0.15) is 0 Å². The van der Waals surface area contributed by atoms with E-state index >= 15 is 0 Å². The summed E-state index contributed by atoms with van der Waals surface area (Å²) in [5, 5.41) is 10.8. The quantitative estimate of drug-likeness (QED) is 0.738. The highest BCUT2D eigenvalue weighted by atomic mass is 16.2. The van der Waals surface area contributed by atoms with Gasteiger partial charge in [0.05, 0.1) is 12.2 Å². The monoisotopic (exact) mass is 362 g/mol. The average molecular weight is 362 g/mol. The maximum atomic E-state index is 12.3. The Labute approximate surface area is 155 Å². The van der Waals surface area contributed by atoms with Gasteiger partial charge in [0, 0.05) is 37.6 Å². The lowest BCUT2D eigenvalue weighted by Crippen LogP contribution is -2.50. The molecule has 0 unspecified atom stereocenters. The molecule has 2 aromatic heterocycles. The summed E-state index contributed by atoms with van der Waals surface area (Å²) in [7, 11) is 0. The number of pyridine rings is 1. The van der Waals surface area contributed by atoms with Gasteiger partial charge in [-0.2, -0.15) is 0 Å². The van der Waals surface area contributed by atoms with Gasteiger partial charge >= 0.3 is 0 Å². The molecule has 0 spiro atoms. The molecule has 0 bridgehead atoms. The number of nitrogens with one attached hydrogen (secondary N) is 1. The van der Waals surface area contributed by atoms with Crippen LogP contribution in [0.2, 0.25) is 0 Å². The minimum Gasteiger partial charge on any atom is -0.347 e. The van der Waals surface area contributed by atoms with E-state index in [0.717, 1.165) is 5.56 Å². The van der Waals surface area contributed by atoms with Crippen molar-refractivity contribution in [3.63, 3.8) is 0 Å². The molecule has 0 atom stereocenters. The number of nitrogens with zero attached hydrogens (tertiary/aromatic N) is 5. The summed E-state index contributed by atoms with van der Waals surface area (Å²) in [5.41, 5.74) is 1.90. The van der Waals surface area contributed by atoms with Gasteiger partial charge in [-0.25, -0.2) is 4.68 Å². The SMILES string of the molecule is O=C(NCc1ccccc1)c1cn(C2CN(C(=O)c3ccncc3)C2)nn1. The van der Waals surface area contributed by atoms with Crippen LogP contribution in [0.25, 0.3) is 0 Å². The number of aromatic nitrogens is 4. The number of likely N-dealkylation sites (tertiary alicyclic amines) is 1. The first-order valence-corrected chi connectivity index (χ1v) is 8.64. The van der Waals surface area contributed by atoms with Crippen LogP contribution in [0.3, 0.4) is 0 Å². The summed E-state index contributed by atoms with van der Waals surface area (Å²) in [4.78, 5) is 30.2. The highest BCUT2D eigenvalue weighted by Gasteiger charge is 2.33. The predicted molar refractivity (Wildman–Crippen MR) is 96.8 cm³/mol. The third kappa shape index (κ3) is 3.69. The average Bonchev–Trinajstić information content (AvgIpc) is 3.16. The van der Waals surface area contributed by atoms with Crippen molar-refractivity contribution in [3.8, 4) is 0 Å². The molecule has 1 saturated heterocycles. The normalized spacial score (nSPS) is 13.9. The molecular weight excluding hydrogens is 344 g/mol. The molecule has 0 aliphatic carbocycles. The molecule has 3 aromatic rings. The maximum absolute atomic E-state index is 12.3. The van der Waals surface area contributed by atoms with E-state index in [1.807, 2.05) is 30.3 Å². The van der Waals surface area contributed by atoms with Crippen LogP contribution in [0.1, 0.15) is 32.5 Å². The molecule has 1 aliphatic rings. The van der Waals surface area contributed by atoms with E-state index in [1.165, 1.54) is 0 Å². The second-order valence-corrected chi connectivity index (χ2v) is 6.35. The summed E-state index contributed by atoms with van der Waals surface area (Å²) in [6.45, 7) is 1.51. The molecule has 1 N–H and O–H groups in total. The van der Waals surface area contributed by atoms with Gasteiger partial charge < -0.3 is 10.2 Å². The minimum absolute atomic E-state index is 0.0268. The maximum Gasteiger partial charge on any atom is 0.273 e. The fraction of sp³-hybridized carbons (Fsp3) is 0.211. The molecule has 27 heavy (non-hydrogen) atoms. The first-order valence-electron chi connectivity index (χ1n) is 8.64. The van der Waals surface area contributed by atoms with E-state index < -0.39 is 0 Å². The Morgan fingerprint density at radius 2 is 1.81 bits per heavy atom. The van der Waals surface area contributed by atoms with Crippen LogP contribution < -0.4 is 5.32 Å². The first kappa shape index (κ1) is 16.9. The molecule has 136 valence electrons. The number of amides is 2. The van der Waals surface area contributed by atoms with Crippen LogP contribution in [0.5, 0.6) is 0 Å². The molecule has 3 heterocycles. The third-order valence-corrected chi connectivity index (χ3v) is 4.49. The van der Waals surface area contributed by atoms with Gasteiger partial charge in [-0.05, 0) is 17.7 Å². The van der Waals surface area contributed by atoms with Gasteiger partial charge in [-0.1, -0.05) is 35.5 Å². The Hall–Kier alpha value is -3.55. The molecule has 8 nitrogen and oxygen atoms in total. The van der Waals surface area contributed by atoms with E-state index in [1.54, 1.807) is 40.3 Å². The van der Waals surface area contributed by atoms with Crippen LogP contribution in [-0.2, 0) is 6.54 Å². The van der Waals surface area contributed by atoms with Crippen molar-refractivity contribution >= 4 is 11.8 Å². The van der Waals surface area contributed by atoms with Crippen molar-refractivity contribution in [2.45, 2.75) is 12.6 Å². The van der Waals surface area contributed by atoms with Crippen molar-refractivity contribution in [2.75, 3.05) is 13.1 Å². The first-order chi connectivity index (χ1) is 13.2.